The largest absolute Gasteiger partial charge is 0.497 e. The van der Waals surface area contributed by atoms with Crippen molar-refractivity contribution in [1.82, 2.24) is 0 Å². The van der Waals surface area contributed by atoms with Gasteiger partial charge in [0.2, 0.25) is 0 Å². The Morgan fingerprint density at radius 3 is 1.67 bits per heavy atom. The minimum atomic E-state index is -0.542. The molecule has 5 rings (SSSR count). The van der Waals surface area contributed by atoms with Gasteiger partial charge in [-0.1, -0.05) is 91.0 Å². The number of ether oxygens (including phenoxy) is 6. The first kappa shape index (κ1) is 30.3. The maximum absolute atomic E-state index is 6.74. The predicted octanol–water partition coefficient (Wildman–Crippen LogP) is 6.91. The Morgan fingerprint density at radius 1 is 0.619 bits per heavy atom. The van der Waals surface area contributed by atoms with E-state index in [0.717, 1.165) is 27.3 Å². The van der Waals surface area contributed by atoms with Crippen molar-refractivity contribution in [2.45, 2.75) is 54.6 Å². The van der Waals surface area contributed by atoms with E-state index in [1.54, 1.807) is 26.0 Å². The SMILES string of the molecule is COc1ccc(S[C@H]2[C@H](OC)O[C@H](COCc3ccccc3)[C@@H](OCc3ccccc3)[C@@H]2OCc2ccccc2)cc1. The fraction of sp³-hybridized carbons (Fsp3) is 0.314. The Morgan fingerprint density at radius 2 is 1.14 bits per heavy atom. The second-order valence-corrected chi connectivity index (χ2v) is 11.3. The van der Waals surface area contributed by atoms with Gasteiger partial charge in [-0.15, -0.1) is 11.8 Å². The van der Waals surface area contributed by atoms with E-state index in [9.17, 15) is 0 Å². The Bertz CT molecular complexity index is 1310. The van der Waals surface area contributed by atoms with Gasteiger partial charge in [-0.3, -0.25) is 0 Å². The van der Waals surface area contributed by atoms with Gasteiger partial charge in [0, 0.05) is 12.0 Å². The second kappa shape index (κ2) is 15.9. The molecule has 7 heteroatoms. The van der Waals surface area contributed by atoms with E-state index in [0.29, 0.717) is 26.4 Å². The number of hydrogen-bond donors (Lipinski definition) is 0. The van der Waals surface area contributed by atoms with Crippen LogP contribution < -0.4 is 4.74 Å². The first-order chi connectivity index (χ1) is 20.7. The number of thioether (sulfide) groups is 1. The second-order valence-electron chi connectivity index (χ2n) is 10.1. The zero-order valence-electron chi connectivity index (χ0n) is 24.0. The van der Waals surface area contributed by atoms with Gasteiger partial charge in [0.1, 0.15) is 24.1 Å². The maximum atomic E-state index is 6.74. The highest BCUT2D eigenvalue weighted by Gasteiger charge is 2.48. The monoisotopic (exact) mass is 586 g/mol. The van der Waals surface area contributed by atoms with E-state index in [4.69, 9.17) is 28.4 Å². The van der Waals surface area contributed by atoms with Gasteiger partial charge in [0.25, 0.3) is 0 Å². The quantitative estimate of drug-likeness (QED) is 0.159. The average Bonchev–Trinajstić information content (AvgIpc) is 3.05. The van der Waals surface area contributed by atoms with Crippen molar-refractivity contribution in [1.29, 1.82) is 0 Å². The maximum Gasteiger partial charge on any atom is 0.172 e. The van der Waals surface area contributed by atoms with Crippen LogP contribution in [-0.4, -0.2) is 50.7 Å². The molecule has 0 saturated carbocycles. The normalized spacial score (nSPS) is 22.1. The molecule has 42 heavy (non-hydrogen) atoms. The number of benzene rings is 4. The van der Waals surface area contributed by atoms with E-state index in [1.165, 1.54) is 0 Å². The lowest BCUT2D eigenvalue weighted by Crippen LogP contribution is -2.59. The van der Waals surface area contributed by atoms with Gasteiger partial charge in [-0.2, -0.15) is 0 Å². The van der Waals surface area contributed by atoms with Crippen LogP contribution in [0.4, 0.5) is 0 Å². The third-order valence-electron chi connectivity index (χ3n) is 7.12. The van der Waals surface area contributed by atoms with Crippen LogP contribution in [-0.2, 0) is 43.5 Å². The third kappa shape index (κ3) is 8.44. The summed E-state index contributed by atoms with van der Waals surface area (Å²) in [5.41, 5.74) is 3.27. The van der Waals surface area contributed by atoms with Crippen molar-refractivity contribution < 1.29 is 28.4 Å². The molecule has 1 aliphatic rings. The first-order valence-electron chi connectivity index (χ1n) is 14.1. The smallest absolute Gasteiger partial charge is 0.172 e. The van der Waals surface area contributed by atoms with E-state index in [2.05, 4.69) is 36.4 Å². The van der Waals surface area contributed by atoms with Crippen molar-refractivity contribution in [2.24, 2.45) is 0 Å². The Balaban J connectivity index is 1.41. The highest BCUT2D eigenvalue weighted by Crippen LogP contribution is 2.39. The summed E-state index contributed by atoms with van der Waals surface area (Å²) in [5, 5.41) is -0.210. The molecule has 220 valence electrons. The van der Waals surface area contributed by atoms with Crippen LogP contribution in [0.15, 0.2) is 120 Å². The molecule has 0 N–H and O–H groups in total. The molecule has 0 unspecified atom stereocenters. The van der Waals surface area contributed by atoms with Crippen molar-refractivity contribution in [3.63, 3.8) is 0 Å². The van der Waals surface area contributed by atoms with E-state index in [1.807, 2.05) is 78.9 Å². The Hall–Kier alpha value is -3.17. The van der Waals surface area contributed by atoms with Gasteiger partial charge in [-0.05, 0) is 41.0 Å². The fourth-order valence-corrected chi connectivity index (χ4v) is 6.19. The molecule has 0 radical (unpaired) electrons. The van der Waals surface area contributed by atoms with Gasteiger partial charge < -0.3 is 28.4 Å². The molecule has 0 spiro atoms. The van der Waals surface area contributed by atoms with Gasteiger partial charge in [0.05, 0.1) is 38.8 Å². The molecule has 4 aromatic carbocycles. The molecule has 1 aliphatic heterocycles. The molecule has 1 fully saturated rings. The Kier molecular flexibility index (Phi) is 11.5. The van der Waals surface area contributed by atoms with Crippen LogP contribution in [0, 0.1) is 0 Å². The van der Waals surface area contributed by atoms with Crippen LogP contribution in [0.25, 0.3) is 0 Å². The highest BCUT2D eigenvalue weighted by atomic mass is 32.2. The summed E-state index contributed by atoms with van der Waals surface area (Å²) < 4.78 is 37.5. The topological polar surface area (TPSA) is 55.4 Å². The van der Waals surface area contributed by atoms with Crippen LogP contribution in [0.5, 0.6) is 5.75 Å². The molecule has 0 amide bonds. The molecule has 0 bridgehead atoms. The molecule has 0 aliphatic carbocycles. The van der Waals surface area contributed by atoms with Gasteiger partial charge in [0.15, 0.2) is 6.29 Å². The lowest BCUT2D eigenvalue weighted by molar-refractivity contribution is -0.268. The van der Waals surface area contributed by atoms with Gasteiger partial charge in [-0.25, -0.2) is 0 Å². The van der Waals surface area contributed by atoms with Gasteiger partial charge >= 0.3 is 0 Å². The van der Waals surface area contributed by atoms with Crippen molar-refractivity contribution in [3.05, 3.63) is 132 Å². The summed E-state index contributed by atoms with van der Waals surface area (Å²) >= 11 is 1.66. The predicted molar refractivity (Wildman–Crippen MR) is 164 cm³/mol. The molecule has 1 saturated heterocycles. The highest BCUT2D eigenvalue weighted by molar-refractivity contribution is 8.00. The molecule has 0 aromatic heterocycles. The molecule has 6 nitrogen and oxygen atoms in total. The number of hydrogen-bond acceptors (Lipinski definition) is 7. The molecule has 1 heterocycles. The Labute approximate surface area is 252 Å². The molecule has 5 atom stereocenters. The van der Waals surface area contributed by atoms with E-state index in [-0.39, 0.29) is 11.4 Å². The fourth-order valence-electron chi connectivity index (χ4n) is 4.93. The lowest BCUT2D eigenvalue weighted by Gasteiger charge is -2.45. The minimum Gasteiger partial charge on any atom is -0.497 e. The van der Waals surface area contributed by atoms with Crippen LogP contribution >= 0.6 is 11.8 Å². The van der Waals surface area contributed by atoms with Crippen molar-refractivity contribution in [3.8, 4) is 5.75 Å². The van der Waals surface area contributed by atoms with Crippen molar-refractivity contribution in [2.75, 3.05) is 20.8 Å². The zero-order valence-corrected chi connectivity index (χ0v) is 24.9. The third-order valence-corrected chi connectivity index (χ3v) is 8.43. The molecule has 4 aromatic rings. The van der Waals surface area contributed by atoms with Crippen molar-refractivity contribution >= 4 is 11.8 Å². The van der Waals surface area contributed by atoms with Crippen LogP contribution in [0.1, 0.15) is 16.7 Å². The summed E-state index contributed by atoms with van der Waals surface area (Å²) in [5.74, 6) is 0.805. The number of rotatable bonds is 14. The lowest BCUT2D eigenvalue weighted by atomic mass is 10.00. The summed E-state index contributed by atoms with van der Waals surface area (Å²) in [7, 11) is 3.34. The average molecular weight is 587 g/mol. The summed E-state index contributed by atoms with van der Waals surface area (Å²) in [4.78, 5) is 1.06. The summed E-state index contributed by atoms with van der Waals surface area (Å²) in [6.45, 7) is 1.67. The number of methoxy groups -OCH3 is 2. The van der Waals surface area contributed by atoms with E-state index >= 15 is 0 Å². The van der Waals surface area contributed by atoms with Crippen LogP contribution in [0.3, 0.4) is 0 Å². The summed E-state index contributed by atoms with van der Waals surface area (Å²) in [6.07, 6.45) is -1.72. The zero-order chi connectivity index (χ0) is 29.0. The summed E-state index contributed by atoms with van der Waals surface area (Å²) in [6, 6.07) is 38.5. The molecular formula is C35H38O6S. The standard InChI is InChI=1S/C35H38O6S/c1-36-29-18-20-30(21-19-29)42-34-33(40-24-28-16-10-5-11-17-28)32(39-23-27-14-8-4-9-15-27)31(41-35(34)37-2)25-38-22-26-12-6-3-7-13-26/h3-21,31-35H,22-25H2,1-2H3/t31-,32-,33+,34-,35-/m1/s1. The first-order valence-corrected chi connectivity index (χ1v) is 15.0. The van der Waals surface area contributed by atoms with E-state index < -0.39 is 18.5 Å². The minimum absolute atomic E-state index is 0.210. The van der Waals surface area contributed by atoms with Crippen LogP contribution in [0.2, 0.25) is 0 Å². The molecular weight excluding hydrogens is 548 g/mol.